The van der Waals surface area contributed by atoms with E-state index in [-0.39, 0.29) is 5.91 Å². The number of hydrogen-bond acceptors (Lipinski definition) is 6. The van der Waals surface area contributed by atoms with Gasteiger partial charge in [-0.2, -0.15) is 0 Å². The second-order valence-corrected chi connectivity index (χ2v) is 5.43. The van der Waals surface area contributed by atoms with Crippen LogP contribution in [0.25, 0.3) is 0 Å². The van der Waals surface area contributed by atoms with Crippen molar-refractivity contribution in [2.45, 2.75) is 27.2 Å². The van der Waals surface area contributed by atoms with E-state index in [2.05, 4.69) is 25.5 Å². The van der Waals surface area contributed by atoms with Crippen molar-refractivity contribution in [3.05, 3.63) is 33.3 Å². The topological polar surface area (TPSA) is 80.7 Å². The number of nitrogens with one attached hydrogen (secondary N) is 1. The van der Waals surface area contributed by atoms with Crippen molar-refractivity contribution in [3.8, 4) is 0 Å². The third-order valence-electron chi connectivity index (χ3n) is 2.39. The molecule has 19 heavy (non-hydrogen) atoms. The van der Waals surface area contributed by atoms with Crippen LogP contribution in [0.5, 0.6) is 0 Å². The summed E-state index contributed by atoms with van der Waals surface area (Å²) in [6, 6.07) is 1.68. The highest BCUT2D eigenvalue weighted by Crippen LogP contribution is 2.07. The van der Waals surface area contributed by atoms with E-state index in [1.807, 2.05) is 13.8 Å². The molecule has 7 heteroatoms. The van der Waals surface area contributed by atoms with Gasteiger partial charge in [0.15, 0.2) is 0 Å². The van der Waals surface area contributed by atoms with Gasteiger partial charge in [0, 0.05) is 18.7 Å². The largest absolute Gasteiger partial charge is 0.350 e. The SMILES string of the molecule is Cc1cc(C(=O)NCCc2nnc(C)s2)nc(C)n1. The highest BCUT2D eigenvalue weighted by Gasteiger charge is 2.09. The molecule has 1 N–H and O–H groups in total. The van der Waals surface area contributed by atoms with E-state index in [1.54, 1.807) is 24.3 Å². The van der Waals surface area contributed by atoms with Crippen LogP contribution in [0.4, 0.5) is 0 Å². The number of nitrogens with zero attached hydrogens (tertiary/aromatic N) is 4. The zero-order valence-corrected chi connectivity index (χ0v) is 11.9. The first-order chi connectivity index (χ1) is 9.04. The van der Waals surface area contributed by atoms with Crippen LogP contribution in [-0.4, -0.2) is 32.6 Å². The van der Waals surface area contributed by atoms with E-state index in [0.29, 0.717) is 24.5 Å². The van der Waals surface area contributed by atoms with Gasteiger partial charge in [0.1, 0.15) is 21.5 Å². The minimum absolute atomic E-state index is 0.185. The van der Waals surface area contributed by atoms with Crippen LogP contribution in [0.1, 0.15) is 32.0 Å². The number of carbonyl (C=O) groups excluding carboxylic acids is 1. The molecule has 6 nitrogen and oxygen atoms in total. The molecule has 0 saturated carbocycles. The van der Waals surface area contributed by atoms with Gasteiger partial charge in [-0.25, -0.2) is 9.97 Å². The van der Waals surface area contributed by atoms with Crippen molar-refractivity contribution in [2.24, 2.45) is 0 Å². The summed E-state index contributed by atoms with van der Waals surface area (Å²) in [7, 11) is 0. The Morgan fingerprint density at radius 1 is 1.26 bits per heavy atom. The highest BCUT2D eigenvalue weighted by atomic mass is 32.1. The fraction of sp³-hybridized carbons (Fsp3) is 0.417. The average molecular weight is 277 g/mol. The van der Waals surface area contributed by atoms with Crippen LogP contribution in [-0.2, 0) is 6.42 Å². The fourth-order valence-corrected chi connectivity index (χ4v) is 2.35. The molecule has 0 atom stereocenters. The molecule has 0 radical (unpaired) electrons. The molecule has 0 unspecified atom stereocenters. The molecule has 0 saturated heterocycles. The Morgan fingerprint density at radius 3 is 2.68 bits per heavy atom. The van der Waals surface area contributed by atoms with Gasteiger partial charge in [0.2, 0.25) is 0 Å². The zero-order chi connectivity index (χ0) is 13.8. The molecule has 0 aliphatic carbocycles. The minimum Gasteiger partial charge on any atom is -0.350 e. The van der Waals surface area contributed by atoms with Crippen molar-refractivity contribution < 1.29 is 4.79 Å². The number of aryl methyl sites for hydroxylation is 3. The van der Waals surface area contributed by atoms with Gasteiger partial charge in [-0.05, 0) is 26.8 Å². The highest BCUT2D eigenvalue weighted by molar-refractivity contribution is 7.11. The number of aromatic nitrogens is 4. The quantitative estimate of drug-likeness (QED) is 0.909. The summed E-state index contributed by atoms with van der Waals surface area (Å²) in [5.74, 6) is 0.416. The van der Waals surface area contributed by atoms with Gasteiger partial charge in [0.05, 0.1) is 0 Å². The van der Waals surface area contributed by atoms with E-state index in [0.717, 1.165) is 15.7 Å². The van der Waals surface area contributed by atoms with Crippen LogP contribution >= 0.6 is 11.3 Å². The number of amides is 1. The van der Waals surface area contributed by atoms with E-state index in [4.69, 9.17) is 0 Å². The molecule has 2 heterocycles. The van der Waals surface area contributed by atoms with Gasteiger partial charge in [-0.1, -0.05) is 0 Å². The third kappa shape index (κ3) is 3.78. The second kappa shape index (κ2) is 5.83. The molecule has 0 aliphatic heterocycles. The molecule has 0 aromatic carbocycles. The Bertz CT molecular complexity index is 575. The molecule has 0 bridgehead atoms. The fourth-order valence-electron chi connectivity index (χ4n) is 1.65. The van der Waals surface area contributed by atoms with Gasteiger partial charge >= 0.3 is 0 Å². The summed E-state index contributed by atoms with van der Waals surface area (Å²) < 4.78 is 0. The lowest BCUT2D eigenvalue weighted by atomic mass is 10.3. The lowest BCUT2D eigenvalue weighted by molar-refractivity contribution is 0.0948. The van der Waals surface area contributed by atoms with Crippen molar-refractivity contribution in [2.75, 3.05) is 6.54 Å². The summed E-state index contributed by atoms with van der Waals surface area (Å²) in [6.07, 6.45) is 0.681. The molecule has 2 aromatic heterocycles. The Hall–Kier alpha value is -1.89. The van der Waals surface area contributed by atoms with Crippen LogP contribution in [0.15, 0.2) is 6.07 Å². The van der Waals surface area contributed by atoms with Gasteiger partial charge in [-0.15, -0.1) is 21.5 Å². The molecule has 2 rings (SSSR count). The first kappa shape index (κ1) is 13.5. The summed E-state index contributed by atoms with van der Waals surface area (Å²) >= 11 is 1.54. The Morgan fingerprint density at radius 2 is 2.05 bits per heavy atom. The standard InChI is InChI=1S/C12H15N5OS/c1-7-6-10(15-8(2)14-7)12(18)13-5-4-11-17-16-9(3)19-11/h6H,4-5H2,1-3H3,(H,13,18). The van der Waals surface area contributed by atoms with Crippen LogP contribution in [0.2, 0.25) is 0 Å². The van der Waals surface area contributed by atoms with Gasteiger partial charge < -0.3 is 5.32 Å². The minimum atomic E-state index is -0.185. The molecule has 0 fully saturated rings. The zero-order valence-electron chi connectivity index (χ0n) is 11.1. The summed E-state index contributed by atoms with van der Waals surface area (Å²) in [5, 5.41) is 12.6. The predicted molar refractivity (Wildman–Crippen MR) is 72.2 cm³/mol. The molecule has 0 spiro atoms. The maximum atomic E-state index is 11.9. The van der Waals surface area contributed by atoms with Crippen molar-refractivity contribution >= 4 is 17.2 Å². The first-order valence-electron chi connectivity index (χ1n) is 5.94. The van der Waals surface area contributed by atoms with E-state index in [1.165, 1.54) is 0 Å². The molecule has 2 aromatic rings. The normalized spacial score (nSPS) is 10.5. The van der Waals surface area contributed by atoms with Crippen molar-refractivity contribution in [1.29, 1.82) is 0 Å². The monoisotopic (exact) mass is 277 g/mol. The Balaban J connectivity index is 1.90. The van der Waals surface area contributed by atoms with Gasteiger partial charge in [-0.3, -0.25) is 4.79 Å². The van der Waals surface area contributed by atoms with E-state index < -0.39 is 0 Å². The van der Waals surface area contributed by atoms with E-state index in [9.17, 15) is 4.79 Å². The van der Waals surface area contributed by atoms with Gasteiger partial charge in [0.25, 0.3) is 5.91 Å². The first-order valence-corrected chi connectivity index (χ1v) is 6.75. The lowest BCUT2D eigenvalue weighted by Gasteiger charge is -2.04. The smallest absolute Gasteiger partial charge is 0.270 e. The second-order valence-electron chi connectivity index (χ2n) is 4.16. The van der Waals surface area contributed by atoms with Crippen LogP contribution in [0, 0.1) is 20.8 Å². The lowest BCUT2D eigenvalue weighted by Crippen LogP contribution is -2.27. The maximum Gasteiger partial charge on any atom is 0.270 e. The van der Waals surface area contributed by atoms with Crippen LogP contribution in [0.3, 0.4) is 0 Å². The predicted octanol–water partition coefficient (Wildman–Crippen LogP) is 1.23. The summed E-state index contributed by atoms with van der Waals surface area (Å²) in [4.78, 5) is 20.2. The molecule has 100 valence electrons. The molecule has 1 amide bonds. The number of rotatable bonds is 4. The summed E-state index contributed by atoms with van der Waals surface area (Å²) in [5.41, 5.74) is 1.19. The van der Waals surface area contributed by atoms with Crippen molar-refractivity contribution in [1.82, 2.24) is 25.5 Å². The average Bonchev–Trinajstić information content (AvgIpc) is 2.73. The van der Waals surface area contributed by atoms with Crippen LogP contribution < -0.4 is 5.32 Å². The number of carbonyl (C=O) groups is 1. The van der Waals surface area contributed by atoms with Crippen molar-refractivity contribution in [3.63, 3.8) is 0 Å². The third-order valence-corrected chi connectivity index (χ3v) is 3.29. The number of hydrogen-bond donors (Lipinski definition) is 1. The maximum absolute atomic E-state index is 11.9. The Labute approximate surface area is 115 Å². The Kier molecular flexibility index (Phi) is 4.16. The van der Waals surface area contributed by atoms with E-state index >= 15 is 0 Å². The molecular weight excluding hydrogens is 262 g/mol. The molecular formula is C12H15N5OS. The molecule has 0 aliphatic rings. The summed E-state index contributed by atoms with van der Waals surface area (Å²) in [6.45, 7) is 6.05.